The summed E-state index contributed by atoms with van der Waals surface area (Å²) in [7, 11) is 0. The van der Waals surface area contributed by atoms with Gasteiger partial charge in [0.1, 0.15) is 0 Å². The minimum absolute atomic E-state index is 0.0920. The molecule has 5 heteroatoms. The second kappa shape index (κ2) is 8.42. The largest absolute Gasteiger partial charge is 0.478 e. The lowest BCUT2D eigenvalue weighted by atomic mass is 9.96. The molecule has 0 radical (unpaired) electrons. The maximum Gasteiger partial charge on any atom is 0.336 e. The number of amides is 1. The molecule has 1 aromatic rings. The Hall–Kier alpha value is -1.88. The molecule has 1 rings (SSSR count). The standard InChI is InChI=1S/C16H24N2O3/c1-3-12(8-9-17)5-7-15(19)18-13-6-4-11(2)14(10-13)16(20)21/h4,6,10,12H,3,5,7-9,17H2,1-2H3,(H,18,19)(H,20,21). The molecular formula is C16H24N2O3. The number of hydrogen-bond donors (Lipinski definition) is 3. The maximum absolute atomic E-state index is 11.9. The number of carboxylic acid groups (broad SMARTS) is 1. The zero-order valence-electron chi connectivity index (χ0n) is 12.7. The number of carbonyl (C=O) groups excluding carboxylic acids is 1. The smallest absolute Gasteiger partial charge is 0.336 e. The van der Waals surface area contributed by atoms with Crippen LogP contribution in [-0.4, -0.2) is 23.5 Å². The third-order valence-electron chi connectivity index (χ3n) is 3.68. The lowest BCUT2D eigenvalue weighted by Crippen LogP contribution is -2.15. The molecule has 0 aliphatic carbocycles. The number of anilines is 1. The van der Waals surface area contributed by atoms with Crippen LogP contribution in [0.5, 0.6) is 0 Å². The maximum atomic E-state index is 11.9. The van der Waals surface area contributed by atoms with Crippen LogP contribution in [0.1, 0.15) is 48.5 Å². The molecule has 1 atom stereocenters. The van der Waals surface area contributed by atoms with Crippen LogP contribution in [-0.2, 0) is 4.79 Å². The van der Waals surface area contributed by atoms with Gasteiger partial charge in [0.25, 0.3) is 0 Å². The Morgan fingerprint density at radius 3 is 2.62 bits per heavy atom. The molecule has 4 N–H and O–H groups in total. The number of carboxylic acids is 1. The fourth-order valence-electron chi connectivity index (χ4n) is 2.28. The molecular weight excluding hydrogens is 268 g/mol. The molecule has 0 aliphatic rings. The van der Waals surface area contributed by atoms with E-state index in [1.807, 2.05) is 0 Å². The molecule has 21 heavy (non-hydrogen) atoms. The molecule has 0 fully saturated rings. The summed E-state index contributed by atoms with van der Waals surface area (Å²) in [4.78, 5) is 23.0. The van der Waals surface area contributed by atoms with Crippen LogP contribution in [0.4, 0.5) is 5.69 Å². The van der Waals surface area contributed by atoms with Crippen LogP contribution in [0.25, 0.3) is 0 Å². The first-order valence-electron chi connectivity index (χ1n) is 7.31. The first-order valence-corrected chi connectivity index (χ1v) is 7.31. The first-order chi connectivity index (χ1) is 9.97. The van der Waals surface area contributed by atoms with E-state index in [0.29, 0.717) is 30.1 Å². The van der Waals surface area contributed by atoms with Crippen molar-refractivity contribution in [2.24, 2.45) is 11.7 Å². The van der Waals surface area contributed by atoms with E-state index < -0.39 is 5.97 Å². The predicted molar refractivity (Wildman–Crippen MR) is 83.5 cm³/mol. The Bertz CT molecular complexity index is 500. The van der Waals surface area contributed by atoms with Crippen LogP contribution in [0, 0.1) is 12.8 Å². The van der Waals surface area contributed by atoms with Gasteiger partial charge in [0, 0.05) is 12.1 Å². The number of nitrogens with two attached hydrogens (primary N) is 1. The summed E-state index contributed by atoms with van der Waals surface area (Å²) in [6.45, 7) is 4.46. The van der Waals surface area contributed by atoms with E-state index in [9.17, 15) is 9.59 Å². The van der Waals surface area contributed by atoms with Crippen LogP contribution >= 0.6 is 0 Å². The van der Waals surface area contributed by atoms with Gasteiger partial charge in [-0.1, -0.05) is 19.4 Å². The summed E-state index contributed by atoms with van der Waals surface area (Å²) in [5.41, 5.74) is 6.95. The van der Waals surface area contributed by atoms with Crippen molar-refractivity contribution < 1.29 is 14.7 Å². The Morgan fingerprint density at radius 1 is 1.33 bits per heavy atom. The summed E-state index contributed by atoms with van der Waals surface area (Å²) in [5, 5.41) is 11.8. The molecule has 0 spiro atoms. The second-order valence-corrected chi connectivity index (χ2v) is 5.27. The van der Waals surface area contributed by atoms with Crippen molar-refractivity contribution in [3.8, 4) is 0 Å². The van der Waals surface area contributed by atoms with E-state index in [1.165, 1.54) is 6.07 Å². The Morgan fingerprint density at radius 2 is 2.05 bits per heavy atom. The van der Waals surface area contributed by atoms with Gasteiger partial charge in [-0.25, -0.2) is 4.79 Å². The summed E-state index contributed by atoms with van der Waals surface area (Å²) in [6.07, 6.45) is 3.17. The van der Waals surface area contributed by atoms with Crippen molar-refractivity contribution in [3.05, 3.63) is 29.3 Å². The fraction of sp³-hybridized carbons (Fsp3) is 0.500. The van der Waals surface area contributed by atoms with Crippen LogP contribution in [0.2, 0.25) is 0 Å². The average Bonchev–Trinajstić information content (AvgIpc) is 2.45. The summed E-state index contributed by atoms with van der Waals surface area (Å²) in [6, 6.07) is 4.91. The molecule has 0 saturated heterocycles. The van der Waals surface area contributed by atoms with E-state index in [1.54, 1.807) is 19.1 Å². The quantitative estimate of drug-likeness (QED) is 0.687. The topological polar surface area (TPSA) is 92.4 Å². The van der Waals surface area contributed by atoms with E-state index in [4.69, 9.17) is 10.8 Å². The Kier molecular flexibility index (Phi) is 6.88. The molecule has 0 bridgehead atoms. The lowest BCUT2D eigenvalue weighted by Gasteiger charge is -2.13. The summed E-state index contributed by atoms with van der Waals surface area (Å²) >= 11 is 0. The molecule has 0 aliphatic heterocycles. The van der Waals surface area contributed by atoms with E-state index in [-0.39, 0.29) is 11.5 Å². The molecule has 5 nitrogen and oxygen atoms in total. The molecule has 0 aromatic heterocycles. The van der Waals surface area contributed by atoms with Crippen molar-refractivity contribution in [1.82, 2.24) is 0 Å². The molecule has 116 valence electrons. The van der Waals surface area contributed by atoms with Crippen molar-refractivity contribution in [1.29, 1.82) is 0 Å². The third-order valence-corrected chi connectivity index (χ3v) is 3.68. The monoisotopic (exact) mass is 292 g/mol. The van der Waals surface area contributed by atoms with Gasteiger partial charge in [0.15, 0.2) is 0 Å². The number of hydrogen-bond acceptors (Lipinski definition) is 3. The number of rotatable bonds is 8. The van der Waals surface area contributed by atoms with Gasteiger partial charge in [0.05, 0.1) is 5.56 Å². The highest BCUT2D eigenvalue weighted by atomic mass is 16.4. The van der Waals surface area contributed by atoms with Gasteiger partial charge in [-0.05, 0) is 49.9 Å². The highest BCUT2D eigenvalue weighted by Crippen LogP contribution is 2.18. The Balaban J connectivity index is 2.59. The highest BCUT2D eigenvalue weighted by Gasteiger charge is 2.11. The number of aromatic carboxylic acids is 1. The molecule has 0 saturated carbocycles. The van der Waals surface area contributed by atoms with Crippen molar-refractivity contribution in [2.75, 3.05) is 11.9 Å². The van der Waals surface area contributed by atoms with Crippen LogP contribution in [0.3, 0.4) is 0 Å². The van der Waals surface area contributed by atoms with Crippen LogP contribution in [0.15, 0.2) is 18.2 Å². The van der Waals surface area contributed by atoms with Gasteiger partial charge >= 0.3 is 5.97 Å². The zero-order chi connectivity index (χ0) is 15.8. The van der Waals surface area contributed by atoms with E-state index >= 15 is 0 Å². The Labute approximate surface area is 125 Å². The second-order valence-electron chi connectivity index (χ2n) is 5.27. The fourth-order valence-corrected chi connectivity index (χ4v) is 2.28. The van der Waals surface area contributed by atoms with Crippen LogP contribution < -0.4 is 11.1 Å². The number of aryl methyl sites for hydroxylation is 1. The van der Waals surface area contributed by atoms with Gasteiger partial charge in [-0.2, -0.15) is 0 Å². The zero-order valence-corrected chi connectivity index (χ0v) is 12.7. The number of benzene rings is 1. The molecule has 1 unspecified atom stereocenters. The highest BCUT2D eigenvalue weighted by molar-refractivity contribution is 5.94. The minimum Gasteiger partial charge on any atom is -0.478 e. The molecule has 1 amide bonds. The van der Waals surface area contributed by atoms with E-state index in [2.05, 4.69) is 12.2 Å². The van der Waals surface area contributed by atoms with Gasteiger partial charge in [0.2, 0.25) is 5.91 Å². The van der Waals surface area contributed by atoms with E-state index in [0.717, 1.165) is 19.3 Å². The number of carbonyl (C=O) groups is 2. The van der Waals surface area contributed by atoms with Gasteiger partial charge < -0.3 is 16.2 Å². The predicted octanol–water partition coefficient (Wildman–Crippen LogP) is 2.79. The van der Waals surface area contributed by atoms with Crippen molar-refractivity contribution in [3.63, 3.8) is 0 Å². The normalized spacial score (nSPS) is 12.0. The molecule has 0 heterocycles. The van der Waals surface area contributed by atoms with Gasteiger partial charge in [-0.3, -0.25) is 4.79 Å². The number of nitrogens with one attached hydrogen (secondary N) is 1. The first kappa shape index (κ1) is 17.2. The summed E-state index contributed by atoms with van der Waals surface area (Å²) in [5.74, 6) is -0.614. The van der Waals surface area contributed by atoms with Crippen molar-refractivity contribution in [2.45, 2.75) is 39.5 Å². The lowest BCUT2D eigenvalue weighted by molar-refractivity contribution is -0.116. The molecule has 1 aromatic carbocycles. The van der Waals surface area contributed by atoms with Gasteiger partial charge in [-0.15, -0.1) is 0 Å². The SMILES string of the molecule is CCC(CCN)CCC(=O)Nc1ccc(C)c(C(=O)O)c1. The minimum atomic E-state index is -0.988. The summed E-state index contributed by atoms with van der Waals surface area (Å²) < 4.78 is 0. The van der Waals surface area contributed by atoms with Crippen molar-refractivity contribution >= 4 is 17.6 Å². The average molecular weight is 292 g/mol. The third kappa shape index (κ3) is 5.55.